The number of carbonyl (C=O) groups excluding carboxylic acids is 1. The predicted octanol–water partition coefficient (Wildman–Crippen LogP) is 1.61. The number of amides is 1. The van der Waals surface area contributed by atoms with Gasteiger partial charge in [-0.2, -0.15) is 8.42 Å². The zero-order valence-electron chi connectivity index (χ0n) is 13.6. The van der Waals surface area contributed by atoms with Gasteiger partial charge in [0.2, 0.25) is 10.9 Å². The fourth-order valence-corrected chi connectivity index (χ4v) is 5.66. The lowest BCUT2D eigenvalue weighted by molar-refractivity contribution is -0.138. The Labute approximate surface area is 163 Å². The number of fused-ring (bicyclic) bond motifs is 2. The van der Waals surface area contributed by atoms with Crippen molar-refractivity contribution >= 4 is 45.5 Å². The van der Waals surface area contributed by atoms with Gasteiger partial charge in [-0.05, 0) is 29.3 Å². The number of hydrogen-bond donors (Lipinski definition) is 2. The van der Waals surface area contributed by atoms with E-state index >= 15 is 0 Å². The molecule has 2 aliphatic heterocycles. The first-order chi connectivity index (χ1) is 12.8. The second kappa shape index (κ2) is 6.44. The summed E-state index contributed by atoms with van der Waals surface area (Å²) in [4.78, 5) is 15.6. The average Bonchev–Trinajstić information content (AvgIpc) is 3.13. The first-order valence-corrected chi connectivity index (χ1v) is 10.5. The lowest BCUT2D eigenvalue weighted by Crippen LogP contribution is -2.34. The first kappa shape index (κ1) is 18.2. The highest BCUT2D eigenvalue weighted by atomic mass is 35.5. The van der Waals surface area contributed by atoms with Crippen LogP contribution < -0.4 is 9.92 Å². The van der Waals surface area contributed by atoms with E-state index in [0.717, 1.165) is 0 Å². The Morgan fingerprint density at radius 1 is 1.44 bits per heavy atom. The number of hydrogen-bond acceptors (Lipinski definition) is 8. The number of nitrogens with zero attached hydrogens (tertiary/aromatic N) is 3. The molecular weight excluding hydrogens is 416 g/mol. The molecule has 0 fully saturated rings. The molecule has 0 spiro atoms. The summed E-state index contributed by atoms with van der Waals surface area (Å²) in [6.07, 6.45) is 2.77. The van der Waals surface area contributed by atoms with Gasteiger partial charge in [-0.15, -0.1) is 0 Å². The molecular formula is C15H13ClN4O5S2. The van der Waals surface area contributed by atoms with Crippen molar-refractivity contribution in [3.8, 4) is 5.75 Å². The molecule has 1 unspecified atom stereocenters. The number of rotatable bonds is 4. The molecule has 0 saturated carbocycles. The van der Waals surface area contributed by atoms with Crippen molar-refractivity contribution in [1.29, 1.82) is 0 Å². The van der Waals surface area contributed by atoms with Crippen LogP contribution >= 0.6 is 23.4 Å². The zero-order valence-corrected chi connectivity index (χ0v) is 16.0. The molecule has 142 valence electrons. The maximum Gasteiger partial charge on any atom is 0.358 e. The van der Waals surface area contributed by atoms with Gasteiger partial charge in [0.1, 0.15) is 5.75 Å². The second-order valence-electron chi connectivity index (χ2n) is 5.82. The molecule has 0 aliphatic carbocycles. The summed E-state index contributed by atoms with van der Waals surface area (Å²) >= 11 is 7.41. The zero-order chi connectivity index (χ0) is 19.3. The van der Waals surface area contributed by atoms with Crippen molar-refractivity contribution in [2.45, 2.75) is 22.8 Å². The highest BCUT2D eigenvalue weighted by Gasteiger charge is 2.33. The number of nitrogens with two attached hydrogens (primary N) is 1. The number of imidazole rings is 1. The van der Waals surface area contributed by atoms with Gasteiger partial charge in [-0.25, -0.2) is 10.0 Å². The summed E-state index contributed by atoms with van der Waals surface area (Å²) in [5.41, 5.74) is 6.24. The van der Waals surface area contributed by atoms with E-state index in [1.807, 2.05) is 0 Å². The van der Waals surface area contributed by atoms with E-state index in [0.29, 0.717) is 33.6 Å². The minimum atomic E-state index is -4.21. The maximum absolute atomic E-state index is 12.7. The van der Waals surface area contributed by atoms with Crippen molar-refractivity contribution in [2.24, 2.45) is 5.73 Å². The fraction of sp³-hybridized carbons (Fsp3) is 0.200. The Kier molecular flexibility index (Phi) is 4.34. The van der Waals surface area contributed by atoms with Crippen molar-refractivity contribution in [2.75, 3.05) is 5.75 Å². The van der Waals surface area contributed by atoms with Gasteiger partial charge < -0.3 is 14.5 Å². The van der Waals surface area contributed by atoms with Crippen LogP contribution in [0.15, 0.2) is 34.6 Å². The number of aromatic nitrogens is 2. The molecule has 2 aromatic rings. The fourth-order valence-electron chi connectivity index (χ4n) is 3.00. The maximum atomic E-state index is 12.7. The first-order valence-electron chi connectivity index (χ1n) is 7.70. The van der Waals surface area contributed by atoms with Crippen LogP contribution in [0.25, 0.3) is 6.08 Å². The quantitative estimate of drug-likeness (QED) is 0.703. The van der Waals surface area contributed by atoms with Crippen LogP contribution in [0.2, 0.25) is 5.15 Å². The standard InChI is InChI=1S/C15H13ClN4O5S2/c16-12-14(19-5-6-26-15(19)18-12)27(23,24)25-9-1-2-10-8(7-9)3-4-20(22)11(10)13(17)21/h1-4,7,11,22H,5-6H2,(H2,17,21). The molecule has 9 nitrogen and oxygen atoms in total. The van der Waals surface area contributed by atoms with E-state index in [4.69, 9.17) is 21.5 Å². The van der Waals surface area contributed by atoms with Gasteiger partial charge in [0.15, 0.2) is 16.4 Å². The molecule has 0 saturated heterocycles. The van der Waals surface area contributed by atoms with Crippen LogP contribution in [0.5, 0.6) is 5.75 Å². The van der Waals surface area contributed by atoms with Gasteiger partial charge in [-0.1, -0.05) is 29.4 Å². The van der Waals surface area contributed by atoms with Crippen LogP contribution in [-0.4, -0.2) is 39.9 Å². The van der Waals surface area contributed by atoms with E-state index in [-0.39, 0.29) is 15.9 Å². The van der Waals surface area contributed by atoms with Crippen molar-refractivity contribution in [3.05, 3.63) is 40.7 Å². The Bertz CT molecular complexity index is 1080. The van der Waals surface area contributed by atoms with Gasteiger partial charge >= 0.3 is 10.1 Å². The largest absolute Gasteiger partial charge is 0.378 e. The third-order valence-corrected chi connectivity index (χ3v) is 6.76. The van der Waals surface area contributed by atoms with Crippen molar-refractivity contribution < 1.29 is 22.6 Å². The summed E-state index contributed by atoms with van der Waals surface area (Å²) in [6.45, 7) is 0.469. The number of primary amides is 1. The van der Waals surface area contributed by atoms with Gasteiger partial charge in [0.05, 0.1) is 0 Å². The minimum absolute atomic E-state index is 0.0327. The molecule has 3 N–H and O–H groups in total. The summed E-state index contributed by atoms with van der Waals surface area (Å²) in [5.74, 6) is -0.00792. The lowest BCUT2D eigenvalue weighted by Gasteiger charge is -2.27. The van der Waals surface area contributed by atoms with E-state index in [1.165, 1.54) is 46.8 Å². The van der Waals surface area contributed by atoms with E-state index in [9.17, 15) is 18.4 Å². The topological polar surface area (TPSA) is 128 Å². The third kappa shape index (κ3) is 3.06. The monoisotopic (exact) mass is 428 g/mol. The average molecular weight is 429 g/mol. The molecule has 0 radical (unpaired) electrons. The number of carbonyl (C=O) groups is 1. The van der Waals surface area contributed by atoms with Crippen LogP contribution in [0.4, 0.5) is 0 Å². The van der Waals surface area contributed by atoms with Crippen LogP contribution in [0.3, 0.4) is 0 Å². The van der Waals surface area contributed by atoms with Gasteiger partial charge in [-0.3, -0.25) is 10.0 Å². The van der Waals surface area contributed by atoms with Crippen molar-refractivity contribution in [3.63, 3.8) is 0 Å². The van der Waals surface area contributed by atoms with E-state index in [2.05, 4.69) is 4.98 Å². The van der Waals surface area contributed by atoms with E-state index < -0.39 is 22.1 Å². The number of halogens is 1. The SMILES string of the molecule is NC(=O)C1c2ccc(OS(=O)(=O)c3c(Cl)nc4n3CCS4)cc2C=CN1O. The summed E-state index contributed by atoms with van der Waals surface area (Å²) < 4.78 is 32.2. The molecule has 0 bridgehead atoms. The molecule has 1 aromatic carbocycles. The molecule has 2 aliphatic rings. The second-order valence-corrected chi connectivity index (χ2v) is 8.70. The number of hydroxylamine groups is 2. The molecule has 1 aromatic heterocycles. The molecule has 1 amide bonds. The molecule has 27 heavy (non-hydrogen) atoms. The third-order valence-electron chi connectivity index (χ3n) is 4.13. The van der Waals surface area contributed by atoms with Crippen LogP contribution in [0, 0.1) is 0 Å². The molecule has 1 atom stereocenters. The molecule has 4 rings (SSSR count). The summed E-state index contributed by atoms with van der Waals surface area (Å²) in [6, 6.07) is 3.22. The predicted molar refractivity (Wildman–Crippen MR) is 96.8 cm³/mol. The minimum Gasteiger partial charge on any atom is -0.378 e. The smallest absolute Gasteiger partial charge is 0.358 e. The Balaban J connectivity index is 1.69. The number of benzene rings is 1. The lowest BCUT2D eigenvalue weighted by atomic mass is 9.97. The molecule has 3 heterocycles. The van der Waals surface area contributed by atoms with Crippen LogP contribution in [-0.2, 0) is 21.5 Å². The number of thioether (sulfide) groups is 1. The Hall–Kier alpha value is -2.21. The van der Waals surface area contributed by atoms with Crippen LogP contribution in [0.1, 0.15) is 17.2 Å². The Morgan fingerprint density at radius 2 is 2.22 bits per heavy atom. The highest BCUT2D eigenvalue weighted by molar-refractivity contribution is 7.99. The normalized spacial score (nSPS) is 18.3. The molecule has 12 heteroatoms. The Morgan fingerprint density at radius 3 is 2.96 bits per heavy atom. The summed E-state index contributed by atoms with van der Waals surface area (Å²) in [7, 11) is -4.21. The van der Waals surface area contributed by atoms with Crippen molar-refractivity contribution in [1.82, 2.24) is 14.6 Å². The van der Waals surface area contributed by atoms with Gasteiger partial charge in [0.25, 0.3) is 0 Å². The summed E-state index contributed by atoms with van der Waals surface area (Å²) in [5, 5.41) is 10.7. The van der Waals surface area contributed by atoms with E-state index in [1.54, 1.807) is 0 Å². The van der Waals surface area contributed by atoms with Gasteiger partial charge in [0, 0.05) is 18.5 Å². The highest BCUT2D eigenvalue weighted by Crippen LogP contribution is 2.36.